The number of nitrogens with two attached hydrogens (primary N) is 1. The first-order valence-electron chi connectivity index (χ1n) is 7.01. The quantitative estimate of drug-likeness (QED) is 0.907. The third-order valence-corrected chi connectivity index (χ3v) is 4.21. The summed E-state index contributed by atoms with van der Waals surface area (Å²) in [5.41, 5.74) is 6.77. The monoisotopic (exact) mass is 350 g/mol. The van der Waals surface area contributed by atoms with Crippen molar-refractivity contribution in [1.82, 2.24) is 4.90 Å². The molecule has 1 aromatic rings. The Hall–Kier alpha value is -0.880. The minimum Gasteiger partial charge on any atom is -0.381 e. The van der Waals surface area contributed by atoms with Crippen molar-refractivity contribution >= 4 is 29.9 Å². The van der Waals surface area contributed by atoms with Gasteiger partial charge in [-0.15, -0.1) is 12.4 Å². The highest BCUT2D eigenvalue weighted by Crippen LogP contribution is 2.21. The highest BCUT2D eigenvalue weighted by Gasteiger charge is 2.28. The Morgan fingerprint density at radius 2 is 2.14 bits per heavy atom. The van der Waals surface area contributed by atoms with Crippen LogP contribution in [-0.2, 0) is 16.1 Å². The van der Waals surface area contributed by atoms with E-state index in [0.29, 0.717) is 30.3 Å². The van der Waals surface area contributed by atoms with Crippen LogP contribution in [0.2, 0.25) is 5.02 Å². The van der Waals surface area contributed by atoms with Gasteiger partial charge in [0.05, 0.1) is 6.04 Å². The SMILES string of the molecule is CN(Cc1ccc(F)cc1Cl)C(=O)C(N)C1CCOCC1.Cl. The van der Waals surface area contributed by atoms with Crippen LogP contribution >= 0.6 is 24.0 Å². The molecule has 0 saturated carbocycles. The minimum atomic E-state index is -0.530. The molecule has 1 saturated heterocycles. The number of carbonyl (C=O) groups excluding carboxylic acids is 1. The van der Waals surface area contributed by atoms with Gasteiger partial charge in [-0.05, 0) is 36.5 Å². The summed E-state index contributed by atoms with van der Waals surface area (Å²) in [6, 6.07) is 3.63. The molecule has 4 nitrogen and oxygen atoms in total. The Kier molecular flexibility index (Phi) is 7.56. The van der Waals surface area contributed by atoms with Crippen LogP contribution in [0, 0.1) is 11.7 Å². The molecule has 124 valence electrons. The Labute approximate surface area is 141 Å². The molecule has 7 heteroatoms. The van der Waals surface area contributed by atoms with Crippen molar-refractivity contribution in [2.24, 2.45) is 11.7 Å². The third kappa shape index (κ3) is 4.81. The van der Waals surface area contributed by atoms with E-state index in [4.69, 9.17) is 22.1 Å². The molecule has 1 atom stereocenters. The highest BCUT2D eigenvalue weighted by molar-refractivity contribution is 6.31. The molecule has 1 unspecified atom stereocenters. The number of likely N-dealkylation sites (N-methyl/N-ethyl adjacent to an activating group) is 1. The second-order valence-electron chi connectivity index (χ2n) is 5.41. The van der Waals surface area contributed by atoms with Crippen molar-refractivity contribution in [3.63, 3.8) is 0 Å². The molecule has 1 aromatic carbocycles. The summed E-state index contributed by atoms with van der Waals surface area (Å²) >= 11 is 5.98. The van der Waals surface area contributed by atoms with Gasteiger partial charge in [-0.2, -0.15) is 0 Å². The highest BCUT2D eigenvalue weighted by atomic mass is 35.5. The van der Waals surface area contributed by atoms with Gasteiger partial charge in [0.25, 0.3) is 0 Å². The largest absolute Gasteiger partial charge is 0.381 e. The second-order valence-corrected chi connectivity index (χ2v) is 5.81. The topological polar surface area (TPSA) is 55.6 Å². The van der Waals surface area contributed by atoms with Gasteiger partial charge >= 0.3 is 0 Å². The molecule has 1 aliphatic heterocycles. The zero-order valence-corrected chi connectivity index (χ0v) is 14.0. The zero-order chi connectivity index (χ0) is 15.4. The standard InChI is InChI=1S/C15H20ClFN2O2.ClH/c1-19(9-11-2-3-12(17)8-13(11)16)15(20)14(18)10-4-6-21-7-5-10;/h2-3,8,10,14H,4-7,9,18H2,1H3;1H. The van der Waals surface area contributed by atoms with E-state index in [0.717, 1.165) is 12.8 Å². The number of rotatable bonds is 4. The molecule has 0 radical (unpaired) electrons. The predicted octanol–water partition coefficient (Wildman–Crippen LogP) is 2.61. The van der Waals surface area contributed by atoms with Gasteiger partial charge in [0.2, 0.25) is 5.91 Å². The van der Waals surface area contributed by atoms with E-state index in [-0.39, 0.29) is 24.2 Å². The van der Waals surface area contributed by atoms with E-state index in [1.165, 1.54) is 12.1 Å². The smallest absolute Gasteiger partial charge is 0.239 e. The van der Waals surface area contributed by atoms with Crippen molar-refractivity contribution in [3.8, 4) is 0 Å². The molecule has 0 spiro atoms. The normalized spacial score (nSPS) is 16.7. The fourth-order valence-corrected chi connectivity index (χ4v) is 2.74. The minimum absolute atomic E-state index is 0. The van der Waals surface area contributed by atoms with Crippen molar-refractivity contribution in [2.75, 3.05) is 20.3 Å². The van der Waals surface area contributed by atoms with Crippen molar-refractivity contribution in [3.05, 3.63) is 34.6 Å². The molecular formula is C15H21Cl2FN2O2. The van der Waals surface area contributed by atoms with Crippen LogP contribution in [0.1, 0.15) is 18.4 Å². The average molecular weight is 351 g/mol. The third-order valence-electron chi connectivity index (χ3n) is 3.86. The number of benzene rings is 1. The van der Waals surface area contributed by atoms with Crippen LogP contribution in [0.5, 0.6) is 0 Å². The maximum Gasteiger partial charge on any atom is 0.239 e. The molecule has 2 N–H and O–H groups in total. The summed E-state index contributed by atoms with van der Waals surface area (Å²) in [5.74, 6) is -0.365. The van der Waals surface area contributed by atoms with Crippen LogP contribution in [-0.4, -0.2) is 37.1 Å². The molecule has 0 aliphatic carbocycles. The second kappa shape index (κ2) is 8.67. The van der Waals surface area contributed by atoms with E-state index >= 15 is 0 Å². The molecule has 0 aromatic heterocycles. The van der Waals surface area contributed by atoms with Gasteiger partial charge in [0, 0.05) is 31.8 Å². The lowest BCUT2D eigenvalue weighted by molar-refractivity contribution is -0.133. The fourth-order valence-electron chi connectivity index (χ4n) is 2.51. The van der Waals surface area contributed by atoms with Crippen molar-refractivity contribution < 1.29 is 13.9 Å². The molecular weight excluding hydrogens is 330 g/mol. The molecule has 0 bridgehead atoms. The molecule has 1 amide bonds. The van der Waals surface area contributed by atoms with E-state index < -0.39 is 11.9 Å². The zero-order valence-electron chi connectivity index (χ0n) is 12.4. The maximum absolute atomic E-state index is 13.0. The lowest BCUT2D eigenvalue weighted by atomic mass is 9.91. The Balaban J connectivity index is 0.00000242. The van der Waals surface area contributed by atoms with Crippen molar-refractivity contribution in [2.45, 2.75) is 25.4 Å². The van der Waals surface area contributed by atoms with Gasteiger partial charge in [0.15, 0.2) is 0 Å². The number of hydrogen-bond acceptors (Lipinski definition) is 3. The molecule has 2 rings (SSSR count). The van der Waals surface area contributed by atoms with Crippen LogP contribution in [0.3, 0.4) is 0 Å². The Bertz CT molecular complexity index is 510. The number of hydrogen-bond donors (Lipinski definition) is 1. The summed E-state index contributed by atoms with van der Waals surface area (Å²) in [7, 11) is 1.68. The number of ether oxygens (including phenoxy) is 1. The Morgan fingerprint density at radius 3 is 2.73 bits per heavy atom. The average Bonchev–Trinajstić information content (AvgIpc) is 2.49. The lowest BCUT2D eigenvalue weighted by Crippen LogP contribution is -2.47. The van der Waals surface area contributed by atoms with E-state index in [1.54, 1.807) is 18.0 Å². The first-order valence-corrected chi connectivity index (χ1v) is 7.39. The Morgan fingerprint density at radius 1 is 1.50 bits per heavy atom. The first-order chi connectivity index (χ1) is 9.99. The predicted molar refractivity (Wildman–Crippen MR) is 86.7 cm³/mol. The fraction of sp³-hybridized carbons (Fsp3) is 0.533. The van der Waals surface area contributed by atoms with Crippen LogP contribution in [0.25, 0.3) is 0 Å². The van der Waals surface area contributed by atoms with E-state index in [9.17, 15) is 9.18 Å². The first kappa shape index (κ1) is 19.2. The van der Waals surface area contributed by atoms with Gasteiger partial charge in [-0.3, -0.25) is 4.79 Å². The van der Waals surface area contributed by atoms with Crippen LogP contribution in [0.15, 0.2) is 18.2 Å². The van der Waals surface area contributed by atoms with Crippen LogP contribution < -0.4 is 5.73 Å². The maximum atomic E-state index is 13.0. The lowest BCUT2D eigenvalue weighted by Gasteiger charge is -2.30. The van der Waals surface area contributed by atoms with E-state index in [2.05, 4.69) is 0 Å². The summed E-state index contributed by atoms with van der Waals surface area (Å²) in [6.45, 7) is 1.62. The summed E-state index contributed by atoms with van der Waals surface area (Å²) < 4.78 is 18.3. The van der Waals surface area contributed by atoms with Crippen LogP contribution in [0.4, 0.5) is 4.39 Å². The molecule has 1 fully saturated rings. The number of carbonyl (C=O) groups is 1. The van der Waals surface area contributed by atoms with Gasteiger partial charge < -0.3 is 15.4 Å². The summed E-state index contributed by atoms with van der Waals surface area (Å²) in [4.78, 5) is 13.9. The number of nitrogens with zero attached hydrogens (tertiary/aromatic N) is 1. The van der Waals surface area contributed by atoms with Crippen molar-refractivity contribution in [1.29, 1.82) is 0 Å². The summed E-state index contributed by atoms with van der Waals surface area (Å²) in [6.07, 6.45) is 1.61. The summed E-state index contributed by atoms with van der Waals surface area (Å²) in [5, 5.41) is 0.314. The van der Waals surface area contributed by atoms with Gasteiger partial charge in [0.1, 0.15) is 5.82 Å². The molecule has 22 heavy (non-hydrogen) atoms. The molecule has 1 aliphatic rings. The van der Waals surface area contributed by atoms with E-state index in [1.807, 2.05) is 0 Å². The van der Waals surface area contributed by atoms with Gasteiger partial charge in [-0.25, -0.2) is 4.39 Å². The number of halogens is 3. The molecule has 1 heterocycles. The number of amides is 1. The van der Waals surface area contributed by atoms with Gasteiger partial charge in [-0.1, -0.05) is 17.7 Å².